The van der Waals surface area contributed by atoms with E-state index >= 15 is 0 Å². The highest BCUT2D eigenvalue weighted by Crippen LogP contribution is 2.39. The lowest BCUT2D eigenvalue weighted by Gasteiger charge is -2.23. The van der Waals surface area contributed by atoms with Gasteiger partial charge in [0.2, 0.25) is 0 Å². The summed E-state index contributed by atoms with van der Waals surface area (Å²) in [6, 6.07) is 4.19. The Balaban J connectivity index is 3.61. The zero-order valence-corrected chi connectivity index (χ0v) is 11.3. The molecule has 0 atom stereocenters. The van der Waals surface area contributed by atoms with Crippen molar-refractivity contribution in [1.82, 2.24) is 0 Å². The number of nitriles is 1. The van der Waals surface area contributed by atoms with Crippen LogP contribution in [-0.2, 0) is 5.41 Å². The third-order valence-electron chi connectivity index (χ3n) is 3.17. The molecule has 1 aromatic carbocycles. The van der Waals surface area contributed by atoms with E-state index in [1.165, 1.54) is 0 Å². The molecule has 0 bridgehead atoms. The van der Waals surface area contributed by atoms with Crippen molar-refractivity contribution in [3.8, 4) is 17.6 Å². The summed E-state index contributed by atoms with van der Waals surface area (Å²) in [6.07, 6.45) is 0. The molecule has 0 amide bonds. The lowest BCUT2D eigenvalue weighted by Crippen LogP contribution is -2.16. The van der Waals surface area contributed by atoms with Crippen LogP contribution in [-0.4, -0.2) is 14.2 Å². The maximum Gasteiger partial charge on any atom is 0.127 e. The first-order valence-electron chi connectivity index (χ1n) is 5.53. The van der Waals surface area contributed by atoms with Gasteiger partial charge < -0.3 is 9.47 Å². The van der Waals surface area contributed by atoms with Crippen molar-refractivity contribution >= 4 is 0 Å². The van der Waals surface area contributed by atoms with Crippen LogP contribution < -0.4 is 9.47 Å². The molecule has 3 heteroatoms. The van der Waals surface area contributed by atoms with E-state index in [1.807, 2.05) is 33.8 Å². The van der Waals surface area contributed by atoms with Crippen molar-refractivity contribution < 1.29 is 9.47 Å². The summed E-state index contributed by atoms with van der Waals surface area (Å²) in [4.78, 5) is 0. The van der Waals surface area contributed by atoms with E-state index < -0.39 is 5.41 Å². The van der Waals surface area contributed by atoms with E-state index in [4.69, 9.17) is 9.47 Å². The smallest absolute Gasteiger partial charge is 0.127 e. The van der Waals surface area contributed by atoms with E-state index in [0.29, 0.717) is 0 Å². The van der Waals surface area contributed by atoms with Crippen molar-refractivity contribution in [3.05, 3.63) is 22.8 Å². The largest absolute Gasteiger partial charge is 0.496 e. The van der Waals surface area contributed by atoms with Gasteiger partial charge in [-0.15, -0.1) is 0 Å². The molecule has 0 unspecified atom stereocenters. The molecule has 1 rings (SSSR count). The maximum atomic E-state index is 9.24. The first-order chi connectivity index (χ1) is 7.88. The second kappa shape index (κ2) is 4.67. The van der Waals surface area contributed by atoms with Gasteiger partial charge in [0.1, 0.15) is 11.5 Å². The minimum absolute atomic E-state index is 0.600. The fraction of sp³-hybridized carbons (Fsp3) is 0.500. The summed E-state index contributed by atoms with van der Waals surface area (Å²) in [5.41, 5.74) is 2.33. The minimum atomic E-state index is -0.600. The van der Waals surface area contributed by atoms with Crippen LogP contribution in [0.3, 0.4) is 0 Å². The first-order valence-corrected chi connectivity index (χ1v) is 5.53. The Morgan fingerprint density at radius 1 is 1.12 bits per heavy atom. The molecule has 0 aliphatic heterocycles. The summed E-state index contributed by atoms with van der Waals surface area (Å²) in [7, 11) is 3.27. The number of nitrogens with zero attached hydrogens (tertiary/aromatic N) is 1. The monoisotopic (exact) mass is 233 g/mol. The molecule has 0 saturated heterocycles. The molecule has 0 radical (unpaired) electrons. The summed E-state index contributed by atoms with van der Waals surface area (Å²) >= 11 is 0. The van der Waals surface area contributed by atoms with Gasteiger partial charge in [-0.2, -0.15) is 5.26 Å². The normalized spacial score (nSPS) is 10.9. The average Bonchev–Trinajstić information content (AvgIpc) is 2.32. The number of ether oxygens (including phenoxy) is 2. The minimum Gasteiger partial charge on any atom is -0.496 e. The van der Waals surface area contributed by atoms with E-state index in [2.05, 4.69) is 6.07 Å². The molecule has 0 fully saturated rings. The first kappa shape index (κ1) is 13.4. The molecule has 0 saturated carbocycles. The lowest BCUT2D eigenvalue weighted by atomic mass is 9.83. The summed E-state index contributed by atoms with van der Waals surface area (Å²) in [6.45, 7) is 7.71. The van der Waals surface area contributed by atoms with Crippen LogP contribution in [0.2, 0.25) is 0 Å². The van der Waals surface area contributed by atoms with E-state index in [-0.39, 0.29) is 0 Å². The van der Waals surface area contributed by atoms with Crippen LogP contribution in [0.5, 0.6) is 11.5 Å². The molecule has 1 aromatic rings. The van der Waals surface area contributed by atoms with E-state index in [1.54, 1.807) is 14.2 Å². The molecule has 0 aromatic heterocycles. The van der Waals surface area contributed by atoms with E-state index in [0.717, 1.165) is 28.2 Å². The Labute approximate surface area is 103 Å². The quantitative estimate of drug-likeness (QED) is 0.805. The van der Waals surface area contributed by atoms with Gasteiger partial charge in [-0.3, -0.25) is 0 Å². The third kappa shape index (κ3) is 2.21. The molecular formula is C14H19NO2. The summed E-state index contributed by atoms with van der Waals surface area (Å²) in [5, 5.41) is 9.24. The predicted molar refractivity (Wildman–Crippen MR) is 67.7 cm³/mol. The molecule has 92 valence electrons. The van der Waals surface area contributed by atoms with Crippen LogP contribution in [0.25, 0.3) is 0 Å². The Hall–Kier alpha value is -1.69. The molecule has 0 aliphatic rings. The number of rotatable bonds is 3. The Kier molecular flexibility index (Phi) is 3.67. The summed E-state index contributed by atoms with van der Waals surface area (Å²) in [5.74, 6) is 1.57. The second-order valence-corrected chi connectivity index (χ2v) is 4.65. The number of methoxy groups -OCH3 is 2. The van der Waals surface area contributed by atoms with Gasteiger partial charge >= 0.3 is 0 Å². The number of hydrogen-bond donors (Lipinski definition) is 0. The van der Waals surface area contributed by atoms with Gasteiger partial charge in [0, 0.05) is 5.56 Å². The van der Waals surface area contributed by atoms with Gasteiger partial charge in [-0.1, -0.05) is 0 Å². The number of benzene rings is 1. The van der Waals surface area contributed by atoms with Gasteiger partial charge in [0.25, 0.3) is 0 Å². The average molecular weight is 233 g/mol. The molecule has 0 aliphatic carbocycles. The van der Waals surface area contributed by atoms with Gasteiger partial charge in [-0.25, -0.2) is 0 Å². The van der Waals surface area contributed by atoms with Gasteiger partial charge in [-0.05, 0) is 44.9 Å². The molecule has 3 nitrogen and oxygen atoms in total. The van der Waals surface area contributed by atoms with Crippen LogP contribution in [0, 0.1) is 25.2 Å². The molecular weight excluding hydrogens is 214 g/mol. The van der Waals surface area contributed by atoms with Crippen molar-refractivity contribution in [1.29, 1.82) is 5.26 Å². The summed E-state index contributed by atoms with van der Waals surface area (Å²) < 4.78 is 10.8. The molecule has 0 heterocycles. The van der Waals surface area contributed by atoms with Crippen molar-refractivity contribution in [3.63, 3.8) is 0 Å². The van der Waals surface area contributed by atoms with Crippen LogP contribution in [0.15, 0.2) is 6.07 Å². The maximum absolute atomic E-state index is 9.24. The highest BCUT2D eigenvalue weighted by atomic mass is 16.5. The highest BCUT2D eigenvalue weighted by Gasteiger charge is 2.27. The lowest BCUT2D eigenvalue weighted by molar-refractivity contribution is 0.387. The zero-order chi connectivity index (χ0) is 13.2. The van der Waals surface area contributed by atoms with Crippen molar-refractivity contribution in [2.24, 2.45) is 0 Å². The molecule has 0 spiro atoms. The van der Waals surface area contributed by atoms with Crippen LogP contribution >= 0.6 is 0 Å². The SMILES string of the molecule is COc1cc(C(C)(C)C#N)c(OC)c(C)c1C. The van der Waals surface area contributed by atoms with Crippen LogP contribution in [0.1, 0.15) is 30.5 Å². The van der Waals surface area contributed by atoms with Crippen molar-refractivity contribution in [2.75, 3.05) is 14.2 Å². The Bertz CT molecular complexity index is 470. The molecule has 0 N–H and O–H groups in total. The van der Waals surface area contributed by atoms with E-state index in [9.17, 15) is 5.26 Å². The topological polar surface area (TPSA) is 42.2 Å². The van der Waals surface area contributed by atoms with Gasteiger partial charge in [0.05, 0.1) is 25.7 Å². The zero-order valence-electron chi connectivity index (χ0n) is 11.3. The predicted octanol–water partition coefficient (Wildman–Crippen LogP) is 3.12. The standard InChI is InChI=1S/C14H19NO2/c1-9-10(2)13(17-6)11(7-12(9)16-5)14(3,4)8-15/h7H,1-6H3. The molecule has 17 heavy (non-hydrogen) atoms. The van der Waals surface area contributed by atoms with Crippen molar-refractivity contribution in [2.45, 2.75) is 33.1 Å². The number of hydrogen-bond acceptors (Lipinski definition) is 3. The highest BCUT2D eigenvalue weighted by molar-refractivity contribution is 5.56. The second-order valence-electron chi connectivity index (χ2n) is 4.65. The Morgan fingerprint density at radius 2 is 1.71 bits per heavy atom. The van der Waals surface area contributed by atoms with Crippen LogP contribution in [0.4, 0.5) is 0 Å². The Morgan fingerprint density at radius 3 is 2.12 bits per heavy atom. The fourth-order valence-electron chi connectivity index (χ4n) is 1.86. The fourth-order valence-corrected chi connectivity index (χ4v) is 1.86. The third-order valence-corrected chi connectivity index (χ3v) is 3.17. The van der Waals surface area contributed by atoms with Gasteiger partial charge in [0.15, 0.2) is 0 Å².